The summed E-state index contributed by atoms with van der Waals surface area (Å²) in [5.41, 5.74) is 2.54. The van der Waals surface area contributed by atoms with Crippen LogP contribution in [-0.2, 0) is 0 Å². The van der Waals surface area contributed by atoms with Crippen LogP contribution in [0.4, 0.5) is 0 Å². The lowest BCUT2D eigenvalue weighted by Crippen LogP contribution is -2.16. The number of nitrogens with one attached hydrogen (secondary N) is 1. The second-order valence-corrected chi connectivity index (χ2v) is 5.66. The van der Waals surface area contributed by atoms with Crippen LogP contribution in [0.1, 0.15) is 50.3 Å². The summed E-state index contributed by atoms with van der Waals surface area (Å²) in [6, 6.07) is 6.73. The zero-order chi connectivity index (χ0) is 12.8. The van der Waals surface area contributed by atoms with Crippen molar-refractivity contribution in [3.05, 3.63) is 34.3 Å². The average molecular weight is 254 g/mol. The monoisotopic (exact) mass is 253 g/mol. The van der Waals surface area contributed by atoms with Crippen molar-refractivity contribution in [2.24, 2.45) is 5.92 Å². The van der Waals surface area contributed by atoms with Crippen molar-refractivity contribution in [1.29, 1.82) is 0 Å². The first-order chi connectivity index (χ1) is 8.02. The number of hydrogen-bond acceptors (Lipinski definition) is 1. The summed E-state index contributed by atoms with van der Waals surface area (Å²) in [6.45, 7) is 6.64. The van der Waals surface area contributed by atoms with Crippen LogP contribution in [0.25, 0.3) is 0 Å². The standard InChI is InChI=1S/C15H24ClN/c1-11(2)6-5-7-15(17-4)13-8-12(3)9-14(16)10-13/h8-11,15,17H,5-7H2,1-4H3. The van der Waals surface area contributed by atoms with Crippen LogP contribution in [0.15, 0.2) is 18.2 Å². The Hall–Kier alpha value is -0.530. The number of hydrogen-bond donors (Lipinski definition) is 1. The molecule has 1 unspecified atom stereocenters. The molecule has 0 fully saturated rings. The van der Waals surface area contributed by atoms with Gasteiger partial charge < -0.3 is 5.32 Å². The van der Waals surface area contributed by atoms with Crippen molar-refractivity contribution < 1.29 is 0 Å². The SMILES string of the molecule is CNC(CCCC(C)C)c1cc(C)cc(Cl)c1. The molecule has 1 rings (SSSR count). The lowest BCUT2D eigenvalue weighted by atomic mass is 9.97. The molecule has 0 amide bonds. The predicted molar refractivity (Wildman–Crippen MR) is 76.7 cm³/mol. The summed E-state index contributed by atoms with van der Waals surface area (Å²) in [7, 11) is 2.02. The van der Waals surface area contributed by atoms with E-state index in [0.29, 0.717) is 6.04 Å². The lowest BCUT2D eigenvalue weighted by molar-refractivity contribution is 0.470. The highest BCUT2D eigenvalue weighted by Crippen LogP contribution is 2.24. The van der Waals surface area contributed by atoms with Crippen LogP contribution in [0.5, 0.6) is 0 Å². The Bertz CT molecular complexity index is 327. The zero-order valence-corrected chi connectivity index (χ0v) is 12.1. The molecule has 0 radical (unpaired) electrons. The van der Waals surface area contributed by atoms with Crippen molar-refractivity contribution in [3.8, 4) is 0 Å². The molecular formula is C15H24ClN. The molecule has 1 N–H and O–H groups in total. The van der Waals surface area contributed by atoms with Gasteiger partial charge in [-0.05, 0) is 49.6 Å². The molecule has 96 valence electrons. The van der Waals surface area contributed by atoms with E-state index in [2.05, 4.69) is 38.2 Å². The first-order valence-corrected chi connectivity index (χ1v) is 6.85. The van der Waals surface area contributed by atoms with E-state index in [9.17, 15) is 0 Å². The molecule has 0 saturated carbocycles. The molecule has 1 nitrogen and oxygen atoms in total. The van der Waals surface area contributed by atoms with Gasteiger partial charge in [0.25, 0.3) is 0 Å². The van der Waals surface area contributed by atoms with Gasteiger partial charge in [-0.3, -0.25) is 0 Å². The molecular weight excluding hydrogens is 230 g/mol. The van der Waals surface area contributed by atoms with Gasteiger partial charge in [-0.15, -0.1) is 0 Å². The van der Waals surface area contributed by atoms with Crippen LogP contribution in [0.2, 0.25) is 5.02 Å². The highest BCUT2D eigenvalue weighted by Gasteiger charge is 2.10. The number of benzene rings is 1. The van der Waals surface area contributed by atoms with Gasteiger partial charge in [-0.2, -0.15) is 0 Å². The summed E-state index contributed by atoms with van der Waals surface area (Å²) >= 11 is 6.11. The summed E-state index contributed by atoms with van der Waals surface area (Å²) < 4.78 is 0. The zero-order valence-electron chi connectivity index (χ0n) is 11.4. The van der Waals surface area contributed by atoms with Gasteiger partial charge in [0.05, 0.1) is 0 Å². The second kappa shape index (κ2) is 7.03. The maximum Gasteiger partial charge on any atom is 0.0411 e. The topological polar surface area (TPSA) is 12.0 Å². The summed E-state index contributed by atoms with van der Waals surface area (Å²) in [6.07, 6.45) is 3.72. The van der Waals surface area contributed by atoms with Crippen LogP contribution in [0, 0.1) is 12.8 Å². The van der Waals surface area contributed by atoms with E-state index in [4.69, 9.17) is 11.6 Å². The fraction of sp³-hybridized carbons (Fsp3) is 0.600. The van der Waals surface area contributed by atoms with Gasteiger partial charge in [0.1, 0.15) is 0 Å². The minimum Gasteiger partial charge on any atom is -0.313 e. The van der Waals surface area contributed by atoms with E-state index >= 15 is 0 Å². The fourth-order valence-corrected chi connectivity index (χ4v) is 2.47. The van der Waals surface area contributed by atoms with E-state index in [1.54, 1.807) is 0 Å². The number of rotatable bonds is 6. The molecule has 0 spiro atoms. The Morgan fingerprint density at radius 2 is 1.88 bits per heavy atom. The first-order valence-electron chi connectivity index (χ1n) is 6.47. The Morgan fingerprint density at radius 1 is 1.18 bits per heavy atom. The third-order valence-electron chi connectivity index (χ3n) is 3.09. The van der Waals surface area contributed by atoms with Crippen molar-refractivity contribution in [2.75, 3.05) is 7.05 Å². The first kappa shape index (κ1) is 14.5. The second-order valence-electron chi connectivity index (χ2n) is 5.23. The van der Waals surface area contributed by atoms with E-state index in [1.165, 1.54) is 30.4 Å². The largest absolute Gasteiger partial charge is 0.313 e. The number of halogens is 1. The van der Waals surface area contributed by atoms with Gasteiger partial charge >= 0.3 is 0 Å². The minimum absolute atomic E-state index is 0.422. The molecule has 17 heavy (non-hydrogen) atoms. The highest BCUT2D eigenvalue weighted by atomic mass is 35.5. The smallest absolute Gasteiger partial charge is 0.0411 e. The maximum atomic E-state index is 6.11. The van der Waals surface area contributed by atoms with E-state index in [1.807, 2.05) is 13.1 Å². The minimum atomic E-state index is 0.422. The van der Waals surface area contributed by atoms with Gasteiger partial charge in [0.2, 0.25) is 0 Å². The average Bonchev–Trinajstić information content (AvgIpc) is 2.22. The molecule has 0 bridgehead atoms. The van der Waals surface area contributed by atoms with Crippen LogP contribution >= 0.6 is 11.6 Å². The summed E-state index contributed by atoms with van der Waals surface area (Å²) in [4.78, 5) is 0. The molecule has 0 aliphatic heterocycles. The van der Waals surface area contributed by atoms with Crippen LogP contribution < -0.4 is 5.32 Å². The molecule has 1 aromatic carbocycles. The quantitative estimate of drug-likeness (QED) is 0.773. The Balaban J connectivity index is 2.65. The van der Waals surface area contributed by atoms with Crippen molar-refractivity contribution >= 4 is 11.6 Å². The Labute approximate surface area is 111 Å². The molecule has 0 aliphatic rings. The van der Waals surface area contributed by atoms with Crippen LogP contribution in [0.3, 0.4) is 0 Å². The van der Waals surface area contributed by atoms with E-state index < -0.39 is 0 Å². The molecule has 1 aromatic rings. The van der Waals surface area contributed by atoms with Crippen molar-refractivity contribution in [1.82, 2.24) is 5.32 Å². The molecule has 0 saturated heterocycles. The molecule has 0 aliphatic carbocycles. The normalized spacial score (nSPS) is 13.1. The van der Waals surface area contributed by atoms with E-state index in [0.717, 1.165) is 10.9 Å². The predicted octanol–water partition coefficient (Wildman–Crippen LogP) is 4.74. The molecule has 0 heterocycles. The highest BCUT2D eigenvalue weighted by molar-refractivity contribution is 6.30. The van der Waals surface area contributed by atoms with Gasteiger partial charge in [0, 0.05) is 11.1 Å². The van der Waals surface area contributed by atoms with E-state index in [-0.39, 0.29) is 0 Å². The Morgan fingerprint density at radius 3 is 2.41 bits per heavy atom. The fourth-order valence-electron chi connectivity index (χ4n) is 2.17. The summed E-state index contributed by atoms with van der Waals surface area (Å²) in [5.74, 6) is 0.786. The molecule has 1 atom stereocenters. The third kappa shape index (κ3) is 5.10. The van der Waals surface area contributed by atoms with Crippen LogP contribution in [-0.4, -0.2) is 7.05 Å². The van der Waals surface area contributed by atoms with Gasteiger partial charge in [0.15, 0.2) is 0 Å². The molecule has 0 aromatic heterocycles. The van der Waals surface area contributed by atoms with Gasteiger partial charge in [-0.25, -0.2) is 0 Å². The van der Waals surface area contributed by atoms with Gasteiger partial charge in [-0.1, -0.05) is 44.4 Å². The Kier molecular flexibility index (Phi) is 6.01. The third-order valence-corrected chi connectivity index (χ3v) is 3.31. The number of aryl methyl sites for hydroxylation is 1. The van der Waals surface area contributed by atoms with Crippen molar-refractivity contribution in [3.63, 3.8) is 0 Å². The summed E-state index contributed by atoms with van der Waals surface area (Å²) in [5, 5.41) is 4.23. The van der Waals surface area contributed by atoms with Crippen molar-refractivity contribution in [2.45, 2.75) is 46.1 Å². The molecule has 2 heteroatoms. The maximum absolute atomic E-state index is 6.11. The lowest BCUT2D eigenvalue weighted by Gasteiger charge is -2.18.